The summed E-state index contributed by atoms with van der Waals surface area (Å²) in [5.74, 6) is 1.54. The SMILES string of the molecule is COc1ccc(CCC(=O)N2CC[C@H](c3cc(=O)[nH]c(-c4ccncc4)n3)C2)cc1. The van der Waals surface area contributed by atoms with E-state index >= 15 is 0 Å². The number of carbonyl (C=O) groups excluding carboxylic acids is 1. The number of aryl methyl sites for hydroxylation is 1. The largest absolute Gasteiger partial charge is 0.497 e. The first-order chi connectivity index (χ1) is 14.6. The maximum Gasteiger partial charge on any atom is 0.251 e. The van der Waals surface area contributed by atoms with Crippen LogP contribution in [0.5, 0.6) is 5.75 Å². The number of ether oxygens (including phenoxy) is 1. The van der Waals surface area contributed by atoms with Gasteiger partial charge in [0, 0.05) is 49.5 Å². The van der Waals surface area contributed by atoms with E-state index in [0.717, 1.165) is 29.0 Å². The quantitative estimate of drug-likeness (QED) is 0.683. The first-order valence-corrected chi connectivity index (χ1v) is 10.0. The number of rotatable bonds is 6. The molecule has 154 valence electrons. The first-order valence-electron chi connectivity index (χ1n) is 10.0. The first kappa shape index (κ1) is 19.8. The van der Waals surface area contributed by atoms with Gasteiger partial charge in [0.2, 0.25) is 5.91 Å². The van der Waals surface area contributed by atoms with Crippen LogP contribution in [-0.4, -0.2) is 46.0 Å². The van der Waals surface area contributed by atoms with Crippen molar-refractivity contribution in [2.24, 2.45) is 0 Å². The lowest BCUT2D eigenvalue weighted by Crippen LogP contribution is -2.28. The third-order valence-electron chi connectivity index (χ3n) is 5.46. The van der Waals surface area contributed by atoms with E-state index in [1.807, 2.05) is 41.3 Å². The Hall–Kier alpha value is -3.48. The maximum absolute atomic E-state index is 12.7. The molecule has 2 aromatic heterocycles. The van der Waals surface area contributed by atoms with Crippen LogP contribution in [0, 0.1) is 0 Å². The highest BCUT2D eigenvalue weighted by atomic mass is 16.5. The molecule has 4 rings (SSSR count). The molecule has 3 aromatic rings. The van der Waals surface area contributed by atoms with Crippen molar-refractivity contribution in [1.82, 2.24) is 19.9 Å². The number of methoxy groups -OCH3 is 1. The highest BCUT2D eigenvalue weighted by Crippen LogP contribution is 2.27. The molecule has 0 radical (unpaired) electrons. The molecule has 1 fully saturated rings. The summed E-state index contributed by atoms with van der Waals surface area (Å²) in [5.41, 5.74) is 2.47. The molecule has 7 heteroatoms. The van der Waals surface area contributed by atoms with Crippen LogP contribution >= 0.6 is 0 Å². The Balaban J connectivity index is 1.39. The molecule has 7 nitrogen and oxygen atoms in total. The predicted molar refractivity (Wildman–Crippen MR) is 113 cm³/mol. The number of aromatic amines is 1. The van der Waals surface area contributed by atoms with Gasteiger partial charge in [0.25, 0.3) is 5.56 Å². The number of hydrogen-bond donors (Lipinski definition) is 1. The summed E-state index contributed by atoms with van der Waals surface area (Å²) in [6, 6.07) is 13.0. The molecule has 1 aromatic carbocycles. The predicted octanol–water partition coefficient (Wildman–Crippen LogP) is 2.79. The standard InChI is InChI=1S/C23H24N4O3/c1-30-19-5-2-16(3-6-19)4-7-22(29)27-13-10-18(15-27)20-14-21(28)26-23(25-20)17-8-11-24-12-9-17/h2-3,5-6,8-9,11-12,14,18H,4,7,10,13,15H2,1H3,(H,25,26,28)/t18-/m0/s1. The monoisotopic (exact) mass is 404 g/mol. The van der Waals surface area contributed by atoms with E-state index in [2.05, 4.69) is 15.0 Å². The molecule has 0 unspecified atom stereocenters. The van der Waals surface area contributed by atoms with Gasteiger partial charge in [0.15, 0.2) is 0 Å². The summed E-state index contributed by atoms with van der Waals surface area (Å²) in [6.07, 6.45) is 5.30. The molecule has 1 atom stereocenters. The summed E-state index contributed by atoms with van der Waals surface area (Å²) in [4.78, 5) is 38.2. The molecular formula is C23H24N4O3. The van der Waals surface area contributed by atoms with Gasteiger partial charge in [-0.25, -0.2) is 4.98 Å². The third-order valence-corrected chi connectivity index (χ3v) is 5.46. The number of likely N-dealkylation sites (tertiary alicyclic amines) is 1. The maximum atomic E-state index is 12.7. The van der Waals surface area contributed by atoms with E-state index in [-0.39, 0.29) is 17.4 Å². The van der Waals surface area contributed by atoms with Crippen LogP contribution < -0.4 is 10.3 Å². The van der Waals surface area contributed by atoms with Gasteiger partial charge in [0.05, 0.1) is 12.8 Å². The van der Waals surface area contributed by atoms with Crippen molar-refractivity contribution in [2.45, 2.75) is 25.2 Å². The van der Waals surface area contributed by atoms with Gasteiger partial charge >= 0.3 is 0 Å². The Kier molecular flexibility index (Phi) is 5.88. The number of aromatic nitrogens is 3. The number of H-pyrrole nitrogens is 1. The summed E-state index contributed by atoms with van der Waals surface area (Å²) in [7, 11) is 1.64. The van der Waals surface area contributed by atoms with Crippen molar-refractivity contribution in [1.29, 1.82) is 0 Å². The minimum Gasteiger partial charge on any atom is -0.497 e. The van der Waals surface area contributed by atoms with Gasteiger partial charge in [0.1, 0.15) is 11.6 Å². The molecule has 3 heterocycles. The van der Waals surface area contributed by atoms with Crippen LogP contribution in [0.15, 0.2) is 59.7 Å². The van der Waals surface area contributed by atoms with E-state index in [9.17, 15) is 9.59 Å². The minimum atomic E-state index is -0.184. The lowest BCUT2D eigenvalue weighted by molar-refractivity contribution is -0.130. The van der Waals surface area contributed by atoms with Gasteiger partial charge in [-0.1, -0.05) is 12.1 Å². The number of nitrogens with zero attached hydrogens (tertiary/aromatic N) is 3. The number of pyridine rings is 1. The second-order valence-corrected chi connectivity index (χ2v) is 7.43. The summed E-state index contributed by atoms with van der Waals surface area (Å²) in [5, 5.41) is 0. The second-order valence-electron chi connectivity index (χ2n) is 7.43. The topological polar surface area (TPSA) is 88.2 Å². The molecule has 0 spiro atoms. The molecule has 1 aliphatic heterocycles. The molecule has 30 heavy (non-hydrogen) atoms. The summed E-state index contributed by atoms with van der Waals surface area (Å²) < 4.78 is 5.17. The zero-order valence-corrected chi connectivity index (χ0v) is 16.9. The van der Waals surface area contributed by atoms with E-state index in [0.29, 0.717) is 31.8 Å². The third kappa shape index (κ3) is 4.56. The molecular weight excluding hydrogens is 380 g/mol. The average Bonchev–Trinajstić information content (AvgIpc) is 3.28. The normalized spacial score (nSPS) is 15.9. The zero-order chi connectivity index (χ0) is 20.9. The van der Waals surface area contributed by atoms with Crippen LogP contribution in [-0.2, 0) is 11.2 Å². The summed E-state index contributed by atoms with van der Waals surface area (Å²) in [6.45, 7) is 1.28. The van der Waals surface area contributed by atoms with Crippen molar-refractivity contribution < 1.29 is 9.53 Å². The number of carbonyl (C=O) groups is 1. The highest BCUT2D eigenvalue weighted by Gasteiger charge is 2.28. The van der Waals surface area contributed by atoms with E-state index in [1.165, 1.54) is 0 Å². The smallest absolute Gasteiger partial charge is 0.251 e. The Labute approximate surface area is 174 Å². The van der Waals surface area contributed by atoms with Crippen molar-refractivity contribution in [3.63, 3.8) is 0 Å². The summed E-state index contributed by atoms with van der Waals surface area (Å²) >= 11 is 0. The van der Waals surface area contributed by atoms with Crippen molar-refractivity contribution in [3.05, 3.63) is 76.5 Å². The van der Waals surface area contributed by atoms with Gasteiger partial charge in [-0.15, -0.1) is 0 Å². The van der Waals surface area contributed by atoms with E-state index in [1.54, 1.807) is 25.6 Å². The van der Waals surface area contributed by atoms with Gasteiger partial charge in [-0.2, -0.15) is 0 Å². The lowest BCUT2D eigenvalue weighted by atomic mass is 10.0. The van der Waals surface area contributed by atoms with Gasteiger partial charge in [-0.05, 0) is 42.7 Å². The molecule has 1 aliphatic rings. The molecule has 0 bridgehead atoms. The fourth-order valence-corrected chi connectivity index (χ4v) is 3.76. The van der Waals surface area contributed by atoms with Gasteiger partial charge in [-0.3, -0.25) is 14.6 Å². The Morgan fingerprint density at radius 3 is 2.70 bits per heavy atom. The molecule has 1 N–H and O–H groups in total. The van der Waals surface area contributed by atoms with Crippen LogP contribution in [0.3, 0.4) is 0 Å². The number of nitrogens with one attached hydrogen (secondary N) is 1. The van der Waals surface area contributed by atoms with Crippen LogP contribution in [0.1, 0.15) is 30.0 Å². The Morgan fingerprint density at radius 2 is 1.97 bits per heavy atom. The fraction of sp³-hybridized carbons (Fsp3) is 0.304. The number of benzene rings is 1. The average molecular weight is 404 g/mol. The zero-order valence-electron chi connectivity index (χ0n) is 16.9. The van der Waals surface area contributed by atoms with E-state index < -0.39 is 0 Å². The second kappa shape index (κ2) is 8.90. The van der Waals surface area contributed by atoms with Crippen LogP contribution in [0.25, 0.3) is 11.4 Å². The van der Waals surface area contributed by atoms with Crippen LogP contribution in [0.2, 0.25) is 0 Å². The van der Waals surface area contributed by atoms with Crippen molar-refractivity contribution >= 4 is 5.91 Å². The van der Waals surface area contributed by atoms with Gasteiger partial charge < -0.3 is 14.6 Å². The van der Waals surface area contributed by atoms with Crippen molar-refractivity contribution in [2.75, 3.05) is 20.2 Å². The van der Waals surface area contributed by atoms with E-state index in [4.69, 9.17) is 4.74 Å². The minimum absolute atomic E-state index is 0.0674. The Bertz CT molecular complexity index is 1060. The Morgan fingerprint density at radius 1 is 1.20 bits per heavy atom. The molecule has 0 aliphatic carbocycles. The molecule has 1 saturated heterocycles. The molecule has 1 amide bonds. The highest BCUT2D eigenvalue weighted by molar-refractivity contribution is 5.77. The molecule has 0 saturated carbocycles. The lowest BCUT2D eigenvalue weighted by Gasteiger charge is -2.17. The van der Waals surface area contributed by atoms with Crippen molar-refractivity contribution in [3.8, 4) is 17.1 Å². The fourth-order valence-electron chi connectivity index (χ4n) is 3.76. The van der Waals surface area contributed by atoms with Crippen LogP contribution in [0.4, 0.5) is 0 Å². The number of hydrogen-bond acceptors (Lipinski definition) is 5. The number of amides is 1.